The smallest absolute Gasteiger partial charge is 0.147 e. The van der Waals surface area contributed by atoms with E-state index in [2.05, 4.69) is 4.90 Å². The molecule has 0 aromatic carbocycles. The van der Waals surface area contributed by atoms with Crippen LogP contribution >= 0.6 is 67.6 Å². The Kier molecular flexibility index (Phi) is 13.3. The highest BCUT2D eigenvalue weighted by molar-refractivity contribution is 8.84. The molecule has 1 saturated heterocycles. The number of unbranched alkanes of at least 4 members (excludes halogenated alkanes) is 3. The zero-order valence-electron chi connectivity index (χ0n) is 12.4. The molecule has 1 aliphatic rings. The molecule has 0 bridgehead atoms. The molecular weight excluding hydrogens is 379 g/mol. The molecule has 1 rings (SSSR count). The highest BCUT2D eigenvalue weighted by Crippen LogP contribution is 2.27. The first-order chi connectivity index (χ1) is 10.2. The van der Waals surface area contributed by atoms with Crippen LogP contribution in [0.25, 0.3) is 0 Å². The third-order valence-corrected chi connectivity index (χ3v) is 8.88. The minimum absolute atomic E-state index is 0.810. The molecule has 1 aliphatic heterocycles. The summed E-state index contributed by atoms with van der Waals surface area (Å²) in [5, 5.41) is 0. The molecule has 0 spiro atoms. The van der Waals surface area contributed by atoms with E-state index in [1.807, 2.05) is 28.5 Å². The Labute approximate surface area is 155 Å². The molecule has 1 fully saturated rings. The standard InChI is InChI=1S/C13H23NOS6/c1-12(16)20-18-10-4-2-3-5-11-19-21-13(17)14-6-8-15-9-7-14/h2-11H2,1H3. The zero-order valence-corrected chi connectivity index (χ0v) is 17.3. The van der Waals surface area contributed by atoms with Gasteiger partial charge in [0.1, 0.15) is 4.32 Å². The first-order valence-corrected chi connectivity index (χ1v) is 12.6. The largest absolute Gasteiger partial charge is 0.378 e. The summed E-state index contributed by atoms with van der Waals surface area (Å²) in [7, 11) is 7.26. The Morgan fingerprint density at radius 1 is 0.952 bits per heavy atom. The van der Waals surface area contributed by atoms with Crippen LogP contribution in [0.4, 0.5) is 0 Å². The fourth-order valence-corrected chi connectivity index (χ4v) is 6.43. The molecule has 0 aromatic rings. The number of thiocarbonyl (C=S) groups is 2. The predicted octanol–water partition coefficient (Wildman–Crippen LogP) is 5.27. The second-order valence-corrected chi connectivity index (χ2v) is 11.1. The first kappa shape index (κ1) is 20.4. The van der Waals surface area contributed by atoms with Crippen molar-refractivity contribution in [2.45, 2.75) is 32.6 Å². The van der Waals surface area contributed by atoms with Gasteiger partial charge in [-0.3, -0.25) is 0 Å². The van der Waals surface area contributed by atoms with Crippen LogP contribution in [0.2, 0.25) is 0 Å². The average molecular weight is 402 g/mol. The van der Waals surface area contributed by atoms with Crippen LogP contribution in [-0.2, 0) is 4.74 Å². The van der Waals surface area contributed by atoms with E-state index in [0.717, 1.165) is 34.8 Å². The minimum Gasteiger partial charge on any atom is -0.378 e. The number of hydrogen-bond donors (Lipinski definition) is 0. The predicted molar refractivity (Wildman–Crippen MR) is 112 cm³/mol. The van der Waals surface area contributed by atoms with E-state index >= 15 is 0 Å². The van der Waals surface area contributed by atoms with Crippen molar-refractivity contribution in [2.75, 3.05) is 37.8 Å². The van der Waals surface area contributed by atoms with Gasteiger partial charge in [-0.1, -0.05) is 69.7 Å². The van der Waals surface area contributed by atoms with Crippen molar-refractivity contribution in [3.05, 3.63) is 0 Å². The van der Waals surface area contributed by atoms with Gasteiger partial charge < -0.3 is 9.64 Å². The molecule has 1 heterocycles. The lowest BCUT2D eigenvalue weighted by Gasteiger charge is -2.28. The SMILES string of the molecule is CC(=S)SSCCCCCCSSC(=S)N1CCOCC1. The van der Waals surface area contributed by atoms with E-state index in [0.29, 0.717) is 0 Å². The summed E-state index contributed by atoms with van der Waals surface area (Å²) < 4.78 is 7.39. The fourth-order valence-electron chi connectivity index (χ4n) is 1.69. The average Bonchev–Trinajstić information content (AvgIpc) is 2.49. The molecule has 0 aliphatic carbocycles. The lowest BCUT2D eigenvalue weighted by Crippen LogP contribution is -2.38. The molecule has 2 nitrogen and oxygen atoms in total. The van der Waals surface area contributed by atoms with Gasteiger partial charge in [-0.25, -0.2) is 0 Å². The molecule has 0 amide bonds. The van der Waals surface area contributed by atoms with Crippen molar-refractivity contribution >= 4 is 76.1 Å². The highest BCUT2D eigenvalue weighted by Gasteiger charge is 2.13. The number of rotatable bonds is 9. The van der Waals surface area contributed by atoms with E-state index in [1.165, 1.54) is 37.2 Å². The molecule has 0 aromatic heterocycles. The number of hydrogen-bond acceptors (Lipinski definition) is 7. The summed E-state index contributed by atoms with van der Waals surface area (Å²) in [6.45, 7) is 5.50. The molecule has 0 radical (unpaired) electrons. The normalized spacial score (nSPS) is 15.2. The van der Waals surface area contributed by atoms with Crippen LogP contribution in [0.5, 0.6) is 0 Å². The number of morpholine rings is 1. The maximum Gasteiger partial charge on any atom is 0.147 e. The molecule has 0 N–H and O–H groups in total. The summed E-state index contributed by atoms with van der Waals surface area (Å²) in [6, 6.07) is 0. The summed E-state index contributed by atoms with van der Waals surface area (Å²) in [4.78, 5) is 2.25. The molecule has 21 heavy (non-hydrogen) atoms. The van der Waals surface area contributed by atoms with Crippen molar-refractivity contribution in [1.82, 2.24) is 4.90 Å². The second kappa shape index (κ2) is 13.7. The summed E-state index contributed by atoms with van der Waals surface area (Å²) in [5.41, 5.74) is 0. The van der Waals surface area contributed by atoms with Gasteiger partial charge in [-0.15, -0.1) is 0 Å². The van der Waals surface area contributed by atoms with Gasteiger partial charge in [-0.2, -0.15) is 0 Å². The Morgan fingerprint density at radius 3 is 2.10 bits per heavy atom. The first-order valence-electron chi connectivity index (χ1n) is 7.16. The van der Waals surface area contributed by atoms with Gasteiger partial charge in [0, 0.05) is 24.6 Å². The van der Waals surface area contributed by atoms with Crippen LogP contribution in [0.1, 0.15) is 32.6 Å². The van der Waals surface area contributed by atoms with Gasteiger partial charge in [0.2, 0.25) is 0 Å². The third-order valence-electron chi connectivity index (χ3n) is 2.78. The molecule has 8 heteroatoms. The molecular formula is C13H23NOS6. The van der Waals surface area contributed by atoms with Crippen LogP contribution in [-0.4, -0.2) is 51.2 Å². The summed E-state index contributed by atoms with van der Waals surface area (Å²) >= 11 is 10.5. The van der Waals surface area contributed by atoms with E-state index in [-0.39, 0.29) is 0 Å². The van der Waals surface area contributed by atoms with Crippen LogP contribution in [0.15, 0.2) is 0 Å². The van der Waals surface area contributed by atoms with Crippen molar-refractivity contribution in [3.63, 3.8) is 0 Å². The van der Waals surface area contributed by atoms with Crippen LogP contribution < -0.4 is 0 Å². The third kappa shape index (κ3) is 11.5. The summed E-state index contributed by atoms with van der Waals surface area (Å²) in [5.74, 6) is 2.40. The second-order valence-electron chi connectivity index (χ2n) is 4.58. The van der Waals surface area contributed by atoms with E-state index in [9.17, 15) is 0 Å². The molecule has 0 saturated carbocycles. The Morgan fingerprint density at radius 2 is 1.52 bits per heavy atom. The van der Waals surface area contributed by atoms with Crippen LogP contribution in [0.3, 0.4) is 0 Å². The van der Waals surface area contributed by atoms with Gasteiger partial charge in [-0.05, 0) is 30.6 Å². The topological polar surface area (TPSA) is 12.5 Å². The van der Waals surface area contributed by atoms with E-state index in [4.69, 9.17) is 29.2 Å². The molecule has 122 valence electrons. The molecule has 0 atom stereocenters. The maximum absolute atomic E-state index is 5.44. The summed E-state index contributed by atoms with van der Waals surface area (Å²) in [6.07, 6.45) is 5.22. The van der Waals surface area contributed by atoms with E-state index in [1.54, 1.807) is 21.6 Å². The maximum atomic E-state index is 5.44. The lowest BCUT2D eigenvalue weighted by molar-refractivity contribution is 0.0703. The Hall–Kier alpha value is 1.34. The minimum atomic E-state index is 0.810. The lowest BCUT2D eigenvalue weighted by atomic mass is 10.2. The highest BCUT2D eigenvalue weighted by atomic mass is 33.1. The van der Waals surface area contributed by atoms with Crippen LogP contribution in [0, 0.1) is 0 Å². The van der Waals surface area contributed by atoms with Crippen molar-refractivity contribution in [2.24, 2.45) is 0 Å². The zero-order chi connectivity index (χ0) is 15.3. The quantitative estimate of drug-likeness (QED) is 0.290. The van der Waals surface area contributed by atoms with Crippen molar-refractivity contribution in [1.29, 1.82) is 0 Å². The van der Waals surface area contributed by atoms with E-state index < -0.39 is 0 Å². The van der Waals surface area contributed by atoms with Gasteiger partial charge in [0.05, 0.1) is 17.4 Å². The number of nitrogens with zero attached hydrogens (tertiary/aromatic N) is 1. The van der Waals surface area contributed by atoms with Gasteiger partial charge in [0.15, 0.2) is 0 Å². The van der Waals surface area contributed by atoms with Gasteiger partial charge in [0.25, 0.3) is 0 Å². The van der Waals surface area contributed by atoms with Crippen molar-refractivity contribution in [3.8, 4) is 0 Å². The Balaban J connectivity index is 1.83. The fraction of sp³-hybridized carbons (Fsp3) is 0.846. The number of ether oxygens (including phenoxy) is 1. The van der Waals surface area contributed by atoms with Gasteiger partial charge >= 0.3 is 0 Å². The van der Waals surface area contributed by atoms with Crippen molar-refractivity contribution < 1.29 is 4.74 Å². The molecule has 0 unspecified atom stereocenters. The monoisotopic (exact) mass is 401 g/mol. The Bertz CT molecular complexity index is 309.